The first kappa shape index (κ1) is 16.8. The molecule has 0 saturated heterocycles. The number of ether oxygens (including phenoxy) is 1. The highest BCUT2D eigenvalue weighted by Crippen LogP contribution is 2.23. The van der Waals surface area contributed by atoms with Gasteiger partial charge in [0.15, 0.2) is 0 Å². The van der Waals surface area contributed by atoms with Crippen molar-refractivity contribution >= 4 is 16.9 Å². The van der Waals surface area contributed by atoms with Crippen LogP contribution in [0.2, 0.25) is 0 Å². The Labute approximate surface area is 157 Å². The monoisotopic (exact) mass is 357 g/mol. The average molecular weight is 357 g/mol. The van der Waals surface area contributed by atoms with Gasteiger partial charge in [-0.3, -0.25) is 4.79 Å². The summed E-state index contributed by atoms with van der Waals surface area (Å²) in [7, 11) is 1.64. The lowest BCUT2D eigenvalue weighted by molar-refractivity contribution is 0.0950. The second-order valence-corrected chi connectivity index (χ2v) is 6.19. The summed E-state index contributed by atoms with van der Waals surface area (Å²) >= 11 is 0. The molecule has 1 aromatic heterocycles. The van der Waals surface area contributed by atoms with Crippen LogP contribution >= 0.6 is 0 Å². The highest BCUT2D eigenvalue weighted by Gasteiger charge is 2.09. The number of nitrogens with zero attached hydrogens (tertiary/aromatic N) is 1. The van der Waals surface area contributed by atoms with E-state index in [-0.39, 0.29) is 5.91 Å². The minimum absolute atomic E-state index is 0.134. The first-order valence-electron chi connectivity index (χ1n) is 8.69. The zero-order valence-electron chi connectivity index (χ0n) is 14.9. The van der Waals surface area contributed by atoms with Crippen LogP contribution in [0.4, 0.5) is 0 Å². The van der Waals surface area contributed by atoms with E-state index in [4.69, 9.17) is 4.74 Å². The minimum Gasteiger partial charge on any atom is -0.497 e. The zero-order valence-corrected chi connectivity index (χ0v) is 14.9. The van der Waals surface area contributed by atoms with Crippen LogP contribution in [0.5, 0.6) is 5.75 Å². The van der Waals surface area contributed by atoms with E-state index in [1.165, 1.54) is 0 Å². The maximum absolute atomic E-state index is 12.5. The lowest BCUT2D eigenvalue weighted by atomic mass is 10.0. The number of imidazole rings is 1. The van der Waals surface area contributed by atoms with Crippen molar-refractivity contribution in [3.8, 4) is 16.9 Å². The Balaban J connectivity index is 1.48. The third kappa shape index (κ3) is 3.67. The Hall–Kier alpha value is -3.60. The second-order valence-electron chi connectivity index (χ2n) is 6.19. The number of aromatic amines is 1. The topological polar surface area (TPSA) is 67.0 Å². The van der Waals surface area contributed by atoms with E-state index in [0.717, 1.165) is 33.7 Å². The molecule has 3 aromatic carbocycles. The van der Waals surface area contributed by atoms with Crippen molar-refractivity contribution in [2.45, 2.75) is 6.54 Å². The fourth-order valence-electron chi connectivity index (χ4n) is 2.98. The van der Waals surface area contributed by atoms with Gasteiger partial charge in [0.25, 0.3) is 5.91 Å². The molecule has 0 radical (unpaired) electrons. The first-order valence-corrected chi connectivity index (χ1v) is 8.69. The summed E-state index contributed by atoms with van der Waals surface area (Å²) in [4.78, 5) is 20.2. The maximum Gasteiger partial charge on any atom is 0.251 e. The Bertz CT molecular complexity index is 1050. The molecule has 0 atom stereocenters. The van der Waals surface area contributed by atoms with E-state index in [1.54, 1.807) is 13.2 Å². The summed E-state index contributed by atoms with van der Waals surface area (Å²) in [6, 6.07) is 23.1. The van der Waals surface area contributed by atoms with Crippen molar-refractivity contribution < 1.29 is 9.53 Å². The van der Waals surface area contributed by atoms with Crippen LogP contribution in [-0.2, 0) is 6.54 Å². The van der Waals surface area contributed by atoms with Gasteiger partial charge >= 0.3 is 0 Å². The quantitative estimate of drug-likeness (QED) is 0.563. The molecule has 0 bridgehead atoms. The molecule has 4 rings (SSSR count). The number of benzene rings is 3. The van der Waals surface area contributed by atoms with Gasteiger partial charge in [-0.25, -0.2) is 4.98 Å². The van der Waals surface area contributed by atoms with Crippen LogP contribution < -0.4 is 10.1 Å². The highest BCUT2D eigenvalue weighted by atomic mass is 16.5. The largest absolute Gasteiger partial charge is 0.497 e. The number of aromatic nitrogens is 2. The van der Waals surface area contributed by atoms with Crippen molar-refractivity contribution in [1.29, 1.82) is 0 Å². The molecule has 0 unspecified atom stereocenters. The number of H-pyrrole nitrogens is 1. The van der Waals surface area contributed by atoms with Crippen molar-refractivity contribution in [1.82, 2.24) is 15.3 Å². The number of methoxy groups -OCH3 is 1. The molecule has 0 aliphatic heterocycles. The van der Waals surface area contributed by atoms with Gasteiger partial charge in [-0.1, -0.05) is 36.4 Å². The van der Waals surface area contributed by atoms with Crippen LogP contribution in [-0.4, -0.2) is 23.0 Å². The van der Waals surface area contributed by atoms with Gasteiger partial charge in [0.2, 0.25) is 0 Å². The molecule has 5 heteroatoms. The normalized spacial score (nSPS) is 10.7. The van der Waals surface area contributed by atoms with Gasteiger partial charge in [0, 0.05) is 5.56 Å². The third-order valence-electron chi connectivity index (χ3n) is 4.40. The van der Waals surface area contributed by atoms with E-state index in [9.17, 15) is 4.79 Å². The highest BCUT2D eigenvalue weighted by molar-refractivity contribution is 5.95. The Morgan fingerprint density at radius 2 is 1.81 bits per heavy atom. The summed E-state index contributed by atoms with van der Waals surface area (Å²) in [6.45, 7) is 0.347. The van der Waals surface area contributed by atoms with E-state index in [0.29, 0.717) is 12.1 Å². The predicted molar refractivity (Wildman–Crippen MR) is 106 cm³/mol. The van der Waals surface area contributed by atoms with E-state index < -0.39 is 0 Å². The summed E-state index contributed by atoms with van der Waals surface area (Å²) in [6.07, 6.45) is 0. The van der Waals surface area contributed by atoms with Gasteiger partial charge in [-0.05, 0) is 47.5 Å². The van der Waals surface area contributed by atoms with Crippen LogP contribution in [0.3, 0.4) is 0 Å². The molecular formula is C22H19N3O2. The lowest BCUT2D eigenvalue weighted by Crippen LogP contribution is -2.23. The number of para-hydroxylation sites is 2. The first-order chi connectivity index (χ1) is 13.2. The smallest absolute Gasteiger partial charge is 0.251 e. The van der Waals surface area contributed by atoms with Crippen LogP contribution in [0.15, 0.2) is 72.8 Å². The standard InChI is InChI=1S/C22H19N3O2/c1-27-18-11-9-15(10-12-18)16-5-4-6-17(13-16)22(26)23-14-21-24-19-7-2-3-8-20(19)25-21/h2-13H,14H2,1H3,(H,23,26)(H,24,25). The maximum atomic E-state index is 12.5. The molecule has 0 aliphatic rings. The fourth-order valence-corrected chi connectivity index (χ4v) is 2.98. The Morgan fingerprint density at radius 3 is 2.59 bits per heavy atom. The van der Waals surface area contributed by atoms with Crippen LogP contribution in [0, 0.1) is 0 Å². The van der Waals surface area contributed by atoms with Crippen molar-refractivity contribution in [2.24, 2.45) is 0 Å². The number of amides is 1. The molecule has 134 valence electrons. The average Bonchev–Trinajstić information content (AvgIpc) is 3.15. The van der Waals surface area contributed by atoms with E-state index in [1.807, 2.05) is 66.7 Å². The number of carbonyl (C=O) groups excluding carboxylic acids is 1. The fraction of sp³-hybridized carbons (Fsp3) is 0.0909. The second kappa shape index (κ2) is 7.33. The van der Waals surface area contributed by atoms with Gasteiger partial charge < -0.3 is 15.0 Å². The molecule has 0 fully saturated rings. The SMILES string of the molecule is COc1ccc(-c2cccc(C(=O)NCc3nc4ccccc4[nH]3)c2)cc1. The number of hydrogen-bond acceptors (Lipinski definition) is 3. The number of carbonyl (C=O) groups is 1. The van der Waals surface area contributed by atoms with E-state index in [2.05, 4.69) is 15.3 Å². The van der Waals surface area contributed by atoms with Gasteiger partial charge in [-0.15, -0.1) is 0 Å². The molecular weight excluding hydrogens is 338 g/mol. The summed E-state index contributed by atoms with van der Waals surface area (Å²) in [5.41, 5.74) is 4.47. The molecule has 1 amide bonds. The Kier molecular flexibility index (Phi) is 4.58. The molecule has 2 N–H and O–H groups in total. The van der Waals surface area contributed by atoms with Gasteiger partial charge in [0.05, 0.1) is 24.7 Å². The lowest BCUT2D eigenvalue weighted by Gasteiger charge is -2.07. The molecule has 0 aliphatic carbocycles. The Morgan fingerprint density at radius 1 is 1.00 bits per heavy atom. The molecule has 5 nitrogen and oxygen atoms in total. The van der Waals surface area contributed by atoms with Crippen LogP contribution in [0.1, 0.15) is 16.2 Å². The third-order valence-corrected chi connectivity index (χ3v) is 4.40. The number of fused-ring (bicyclic) bond motifs is 1. The number of hydrogen-bond donors (Lipinski definition) is 2. The summed E-state index contributed by atoms with van der Waals surface area (Å²) in [5, 5.41) is 2.92. The molecule has 4 aromatic rings. The van der Waals surface area contributed by atoms with Crippen LogP contribution in [0.25, 0.3) is 22.2 Å². The van der Waals surface area contributed by atoms with Gasteiger partial charge in [0.1, 0.15) is 11.6 Å². The van der Waals surface area contributed by atoms with Crippen molar-refractivity contribution in [2.75, 3.05) is 7.11 Å². The molecule has 1 heterocycles. The summed E-state index contributed by atoms with van der Waals surface area (Å²) in [5.74, 6) is 1.40. The zero-order chi connectivity index (χ0) is 18.6. The number of rotatable bonds is 5. The van der Waals surface area contributed by atoms with Crippen molar-refractivity contribution in [3.05, 3.63) is 84.2 Å². The molecule has 0 saturated carbocycles. The minimum atomic E-state index is -0.134. The molecule has 27 heavy (non-hydrogen) atoms. The van der Waals surface area contributed by atoms with E-state index >= 15 is 0 Å². The predicted octanol–water partition coefficient (Wildman–Crippen LogP) is 4.17. The van der Waals surface area contributed by atoms with Crippen molar-refractivity contribution in [3.63, 3.8) is 0 Å². The van der Waals surface area contributed by atoms with Gasteiger partial charge in [-0.2, -0.15) is 0 Å². The number of nitrogens with one attached hydrogen (secondary N) is 2. The molecule has 0 spiro atoms. The summed E-state index contributed by atoms with van der Waals surface area (Å²) < 4.78 is 5.19.